The number of nitrogens with one attached hydrogen (secondary N) is 1. The molecule has 0 aliphatic heterocycles. The largest absolute Gasteiger partial charge is 0.452 e. The number of aryl methyl sites for hydroxylation is 2. The number of rotatable bonds is 4. The van der Waals surface area contributed by atoms with E-state index in [-0.39, 0.29) is 5.69 Å². The van der Waals surface area contributed by atoms with Gasteiger partial charge in [-0.25, -0.2) is 4.79 Å². The molecule has 0 fully saturated rings. The molecule has 1 amide bonds. The van der Waals surface area contributed by atoms with Gasteiger partial charge in [-0.05, 0) is 54.7 Å². The summed E-state index contributed by atoms with van der Waals surface area (Å²) in [7, 11) is 0. The van der Waals surface area contributed by atoms with Gasteiger partial charge < -0.3 is 10.1 Å². The average Bonchev–Trinajstić information content (AvgIpc) is 3.07. The van der Waals surface area contributed by atoms with Crippen molar-refractivity contribution in [2.24, 2.45) is 0 Å². The predicted molar refractivity (Wildman–Crippen MR) is 88.8 cm³/mol. The number of ether oxygens (including phenoxy) is 1. The first-order valence-corrected chi connectivity index (χ1v) is 8.09. The third kappa shape index (κ3) is 4.04. The Hall–Kier alpha value is -2.83. The molecule has 2 aromatic rings. The number of amides is 1. The van der Waals surface area contributed by atoms with E-state index in [1.165, 1.54) is 17.7 Å². The van der Waals surface area contributed by atoms with Crippen molar-refractivity contribution in [3.05, 3.63) is 64.7 Å². The van der Waals surface area contributed by atoms with E-state index in [9.17, 15) is 22.8 Å². The molecule has 0 radical (unpaired) electrons. The van der Waals surface area contributed by atoms with Gasteiger partial charge in [0.05, 0.1) is 16.8 Å². The van der Waals surface area contributed by atoms with Gasteiger partial charge in [0.15, 0.2) is 6.61 Å². The quantitative estimate of drug-likeness (QED) is 0.836. The van der Waals surface area contributed by atoms with E-state index in [0.717, 1.165) is 37.0 Å². The Kier molecular flexibility index (Phi) is 4.97. The molecule has 7 heteroatoms. The number of esters is 1. The van der Waals surface area contributed by atoms with Gasteiger partial charge in [0.25, 0.3) is 5.91 Å². The highest BCUT2D eigenvalue weighted by Crippen LogP contribution is 2.34. The molecule has 3 rings (SSSR count). The summed E-state index contributed by atoms with van der Waals surface area (Å²) in [4.78, 5) is 23.9. The maximum absolute atomic E-state index is 12.9. The van der Waals surface area contributed by atoms with Crippen molar-refractivity contribution in [1.82, 2.24) is 0 Å². The summed E-state index contributed by atoms with van der Waals surface area (Å²) in [5.74, 6) is -1.52. The Bertz CT molecular complexity index is 846. The van der Waals surface area contributed by atoms with Crippen LogP contribution >= 0.6 is 0 Å². The Morgan fingerprint density at radius 1 is 1.04 bits per heavy atom. The molecule has 0 aromatic heterocycles. The van der Waals surface area contributed by atoms with E-state index in [1.807, 2.05) is 6.07 Å². The lowest BCUT2D eigenvalue weighted by Crippen LogP contribution is -2.22. The molecule has 1 N–H and O–H groups in total. The summed E-state index contributed by atoms with van der Waals surface area (Å²) in [5, 5.41) is 2.13. The van der Waals surface area contributed by atoms with Crippen LogP contribution in [0.25, 0.3) is 0 Å². The average molecular weight is 363 g/mol. The first-order chi connectivity index (χ1) is 12.3. The number of anilines is 1. The van der Waals surface area contributed by atoms with Crippen molar-refractivity contribution in [3.8, 4) is 0 Å². The number of benzene rings is 2. The second-order valence-corrected chi connectivity index (χ2v) is 6.00. The highest BCUT2D eigenvalue weighted by atomic mass is 19.4. The molecule has 4 nitrogen and oxygen atoms in total. The molecule has 0 heterocycles. The van der Waals surface area contributed by atoms with Crippen molar-refractivity contribution in [3.63, 3.8) is 0 Å². The fourth-order valence-electron chi connectivity index (χ4n) is 2.94. The van der Waals surface area contributed by atoms with Gasteiger partial charge >= 0.3 is 12.1 Å². The molecule has 1 aliphatic rings. The van der Waals surface area contributed by atoms with E-state index in [1.54, 1.807) is 12.1 Å². The molecule has 2 aromatic carbocycles. The minimum absolute atomic E-state index is 0.328. The fraction of sp³-hybridized carbons (Fsp3) is 0.263. The molecule has 136 valence electrons. The van der Waals surface area contributed by atoms with Crippen LogP contribution in [-0.4, -0.2) is 18.5 Å². The third-order valence-corrected chi connectivity index (χ3v) is 4.18. The number of carbonyl (C=O) groups excluding carboxylic acids is 2. The molecule has 0 atom stereocenters. The van der Waals surface area contributed by atoms with E-state index in [2.05, 4.69) is 5.32 Å². The van der Waals surface area contributed by atoms with Gasteiger partial charge in [0.2, 0.25) is 0 Å². The Morgan fingerprint density at radius 3 is 2.54 bits per heavy atom. The van der Waals surface area contributed by atoms with Crippen LogP contribution < -0.4 is 5.32 Å². The van der Waals surface area contributed by atoms with Crippen LogP contribution in [0.3, 0.4) is 0 Å². The lowest BCUT2D eigenvalue weighted by Gasteiger charge is -2.13. The van der Waals surface area contributed by atoms with E-state index in [4.69, 9.17) is 4.74 Å². The maximum atomic E-state index is 12.9. The molecular formula is C19H16F3NO3. The zero-order valence-corrected chi connectivity index (χ0v) is 13.7. The Labute approximate surface area is 148 Å². The van der Waals surface area contributed by atoms with Crippen LogP contribution in [0.4, 0.5) is 18.9 Å². The molecule has 26 heavy (non-hydrogen) atoms. The van der Waals surface area contributed by atoms with Gasteiger partial charge in [0.1, 0.15) is 0 Å². The first kappa shape index (κ1) is 18.0. The van der Waals surface area contributed by atoms with Crippen molar-refractivity contribution in [2.45, 2.75) is 25.4 Å². The minimum atomic E-state index is -4.59. The first-order valence-electron chi connectivity index (χ1n) is 8.09. The Balaban J connectivity index is 1.60. The molecule has 0 saturated heterocycles. The number of para-hydroxylation sites is 1. The van der Waals surface area contributed by atoms with Gasteiger partial charge in [-0.3, -0.25) is 4.79 Å². The smallest absolute Gasteiger partial charge is 0.418 e. The minimum Gasteiger partial charge on any atom is -0.452 e. The highest BCUT2D eigenvalue weighted by Gasteiger charge is 2.33. The number of hydrogen-bond acceptors (Lipinski definition) is 3. The predicted octanol–water partition coefficient (Wildman–Crippen LogP) is 3.99. The summed E-state index contributed by atoms with van der Waals surface area (Å²) in [6, 6.07) is 9.84. The standard InChI is InChI=1S/C19H16F3NO3/c20-19(21,22)15-6-1-2-7-16(15)23-17(24)11-26-18(25)14-9-8-12-4-3-5-13(12)10-14/h1-2,6-10H,3-5,11H2,(H,23,24). The monoisotopic (exact) mass is 363 g/mol. The van der Waals surface area contributed by atoms with Gasteiger partial charge in [-0.2, -0.15) is 13.2 Å². The van der Waals surface area contributed by atoms with Crippen molar-refractivity contribution >= 4 is 17.6 Å². The maximum Gasteiger partial charge on any atom is 0.418 e. The molecule has 0 spiro atoms. The number of halogens is 3. The lowest BCUT2D eigenvalue weighted by molar-refractivity contribution is -0.137. The van der Waals surface area contributed by atoms with Crippen LogP contribution in [0.2, 0.25) is 0 Å². The summed E-state index contributed by atoms with van der Waals surface area (Å²) < 4.78 is 43.6. The van der Waals surface area contributed by atoms with Crippen LogP contribution in [0.15, 0.2) is 42.5 Å². The van der Waals surface area contributed by atoms with Gasteiger partial charge in [-0.1, -0.05) is 18.2 Å². The Morgan fingerprint density at radius 2 is 1.77 bits per heavy atom. The molecule has 0 bridgehead atoms. The van der Waals surface area contributed by atoms with Crippen molar-refractivity contribution in [2.75, 3.05) is 11.9 Å². The summed E-state index contributed by atoms with van der Waals surface area (Å²) >= 11 is 0. The highest BCUT2D eigenvalue weighted by molar-refractivity contribution is 5.96. The zero-order chi connectivity index (χ0) is 18.7. The van der Waals surface area contributed by atoms with Crippen LogP contribution in [0, 0.1) is 0 Å². The summed E-state index contributed by atoms with van der Waals surface area (Å²) in [5.41, 5.74) is 1.28. The number of hydrogen-bond donors (Lipinski definition) is 1. The second kappa shape index (κ2) is 7.19. The van der Waals surface area contributed by atoms with Crippen molar-refractivity contribution < 1.29 is 27.5 Å². The van der Waals surface area contributed by atoms with Crippen LogP contribution in [-0.2, 0) is 28.5 Å². The van der Waals surface area contributed by atoms with E-state index < -0.39 is 30.2 Å². The number of carbonyl (C=O) groups is 2. The fourth-order valence-corrected chi connectivity index (χ4v) is 2.94. The third-order valence-electron chi connectivity index (χ3n) is 4.18. The zero-order valence-electron chi connectivity index (χ0n) is 13.7. The van der Waals surface area contributed by atoms with Crippen molar-refractivity contribution in [1.29, 1.82) is 0 Å². The van der Waals surface area contributed by atoms with Crippen LogP contribution in [0.5, 0.6) is 0 Å². The molecule has 1 aliphatic carbocycles. The van der Waals surface area contributed by atoms with Crippen LogP contribution in [0.1, 0.15) is 33.5 Å². The summed E-state index contributed by atoms with van der Waals surface area (Å²) in [6.45, 7) is -0.665. The lowest BCUT2D eigenvalue weighted by atomic mass is 10.1. The van der Waals surface area contributed by atoms with E-state index in [0.29, 0.717) is 5.56 Å². The topological polar surface area (TPSA) is 55.4 Å². The number of alkyl halides is 3. The van der Waals surface area contributed by atoms with E-state index >= 15 is 0 Å². The second-order valence-electron chi connectivity index (χ2n) is 6.00. The summed E-state index contributed by atoms with van der Waals surface area (Å²) in [6.07, 6.45) is -1.68. The molecule has 0 unspecified atom stereocenters. The normalized spacial score (nSPS) is 13.2. The molecular weight excluding hydrogens is 347 g/mol. The number of fused-ring (bicyclic) bond motifs is 1. The van der Waals surface area contributed by atoms with Gasteiger partial charge in [-0.15, -0.1) is 0 Å². The SMILES string of the molecule is O=C(COC(=O)c1ccc2c(c1)CCC2)Nc1ccccc1C(F)(F)F. The molecule has 0 saturated carbocycles. The van der Waals surface area contributed by atoms with Gasteiger partial charge in [0, 0.05) is 0 Å².